The van der Waals surface area contributed by atoms with Gasteiger partial charge in [-0.25, -0.2) is 0 Å². The Morgan fingerprint density at radius 1 is 1.16 bits per heavy atom. The summed E-state index contributed by atoms with van der Waals surface area (Å²) in [6, 6.07) is 5.21. The maximum atomic E-state index is 12.9. The summed E-state index contributed by atoms with van der Waals surface area (Å²) in [7, 11) is 1.55. The van der Waals surface area contributed by atoms with E-state index in [1.807, 2.05) is 0 Å². The molecule has 1 atom stereocenters. The van der Waals surface area contributed by atoms with Crippen molar-refractivity contribution < 1.29 is 14.3 Å². The number of nitrogens with one attached hydrogen (secondary N) is 3. The van der Waals surface area contributed by atoms with Gasteiger partial charge in [0.25, 0.3) is 0 Å². The molecule has 8 nitrogen and oxygen atoms in total. The third-order valence-electron chi connectivity index (χ3n) is 6.32. The van der Waals surface area contributed by atoms with Crippen LogP contribution in [0.5, 0.6) is 5.75 Å². The van der Waals surface area contributed by atoms with Gasteiger partial charge in [-0.3, -0.25) is 15.0 Å². The molecule has 0 spiro atoms. The smallest absolute Gasteiger partial charge is 0.243 e. The van der Waals surface area contributed by atoms with Crippen LogP contribution < -0.4 is 21.1 Å². The number of ether oxygens (including phenoxy) is 1. The fourth-order valence-electron chi connectivity index (χ4n) is 4.50. The highest BCUT2D eigenvalue weighted by molar-refractivity contribution is 5.95. The van der Waals surface area contributed by atoms with Crippen molar-refractivity contribution in [1.29, 1.82) is 5.41 Å². The minimum absolute atomic E-state index is 0.00816. The van der Waals surface area contributed by atoms with E-state index in [1.165, 1.54) is 19.3 Å². The van der Waals surface area contributed by atoms with Gasteiger partial charge in [-0.05, 0) is 38.2 Å². The molecule has 1 saturated heterocycles. The maximum Gasteiger partial charge on any atom is 0.243 e. The first-order chi connectivity index (χ1) is 15.0. The van der Waals surface area contributed by atoms with Crippen molar-refractivity contribution in [2.75, 3.05) is 20.2 Å². The molecule has 1 heterocycles. The fraction of sp³-hybridized carbons (Fsp3) is 0.609. The molecule has 1 aliphatic carbocycles. The number of nitrogens with zero attached hydrogens (tertiary/aromatic N) is 1. The van der Waals surface area contributed by atoms with E-state index < -0.39 is 6.04 Å². The molecular formula is C23H35N5O3. The molecule has 1 aromatic carbocycles. The Morgan fingerprint density at radius 3 is 2.61 bits per heavy atom. The van der Waals surface area contributed by atoms with Crippen LogP contribution in [-0.2, 0) is 16.1 Å². The summed E-state index contributed by atoms with van der Waals surface area (Å²) in [5.74, 6) is 0.408. The van der Waals surface area contributed by atoms with Crippen molar-refractivity contribution in [2.24, 2.45) is 5.73 Å². The van der Waals surface area contributed by atoms with Crippen LogP contribution in [0.1, 0.15) is 62.5 Å². The van der Waals surface area contributed by atoms with Gasteiger partial charge in [0.1, 0.15) is 17.6 Å². The quantitative estimate of drug-likeness (QED) is 0.372. The van der Waals surface area contributed by atoms with Crippen LogP contribution in [0.25, 0.3) is 0 Å². The highest BCUT2D eigenvalue weighted by atomic mass is 16.5. The third kappa shape index (κ3) is 6.19. The molecule has 1 saturated carbocycles. The summed E-state index contributed by atoms with van der Waals surface area (Å²) in [6.45, 7) is 1.22. The molecule has 1 unspecified atom stereocenters. The van der Waals surface area contributed by atoms with E-state index in [0.717, 1.165) is 31.2 Å². The molecule has 170 valence electrons. The number of rotatable bonds is 8. The summed E-state index contributed by atoms with van der Waals surface area (Å²) >= 11 is 0. The number of amides is 2. The molecule has 2 amide bonds. The van der Waals surface area contributed by atoms with Crippen LogP contribution in [-0.4, -0.2) is 54.8 Å². The van der Waals surface area contributed by atoms with E-state index in [0.29, 0.717) is 43.4 Å². The summed E-state index contributed by atoms with van der Waals surface area (Å²) in [5.41, 5.74) is 6.91. The Hall–Kier alpha value is -2.61. The fourth-order valence-corrected chi connectivity index (χ4v) is 4.50. The molecule has 8 heteroatoms. The van der Waals surface area contributed by atoms with Crippen molar-refractivity contribution >= 4 is 17.6 Å². The number of methoxy groups -OCH3 is 1. The molecule has 0 aromatic heterocycles. The lowest BCUT2D eigenvalue weighted by atomic mass is 9.95. The molecule has 2 aliphatic rings. The summed E-state index contributed by atoms with van der Waals surface area (Å²) in [4.78, 5) is 27.6. The zero-order valence-corrected chi connectivity index (χ0v) is 18.4. The number of piperidine rings is 1. The van der Waals surface area contributed by atoms with E-state index in [2.05, 4.69) is 10.6 Å². The van der Waals surface area contributed by atoms with Crippen LogP contribution >= 0.6 is 0 Å². The zero-order valence-electron chi connectivity index (χ0n) is 18.4. The van der Waals surface area contributed by atoms with E-state index >= 15 is 0 Å². The number of nitrogen functional groups attached to an aromatic ring is 1. The zero-order chi connectivity index (χ0) is 22.2. The highest BCUT2D eigenvalue weighted by Gasteiger charge is 2.32. The monoisotopic (exact) mass is 429 g/mol. The van der Waals surface area contributed by atoms with Crippen molar-refractivity contribution in [2.45, 2.75) is 70.0 Å². The Bertz CT molecular complexity index is 791. The molecule has 1 aromatic rings. The standard InChI is InChI=1S/C23H35N5O3/c1-31-20-13-16(22(24)25)10-11-17(20)14-27-23(30)19-9-5-6-12-28(19)21(29)15-26-18-7-3-2-4-8-18/h10-11,13,18-19,26H,2-9,12,14-15H2,1H3,(H3,24,25)(H,27,30). The lowest BCUT2D eigenvalue weighted by Gasteiger charge is -2.35. The minimum Gasteiger partial charge on any atom is -0.496 e. The Morgan fingerprint density at radius 2 is 1.90 bits per heavy atom. The number of carbonyl (C=O) groups is 2. The normalized spacial score (nSPS) is 19.6. The first kappa shape index (κ1) is 23.1. The van der Waals surface area contributed by atoms with Crippen LogP contribution in [0.4, 0.5) is 0 Å². The summed E-state index contributed by atoms with van der Waals surface area (Å²) < 4.78 is 5.39. The van der Waals surface area contributed by atoms with Crippen molar-refractivity contribution in [3.05, 3.63) is 29.3 Å². The van der Waals surface area contributed by atoms with Gasteiger partial charge < -0.3 is 26.0 Å². The van der Waals surface area contributed by atoms with Gasteiger partial charge in [0.2, 0.25) is 11.8 Å². The maximum absolute atomic E-state index is 12.9. The van der Waals surface area contributed by atoms with Gasteiger partial charge >= 0.3 is 0 Å². The minimum atomic E-state index is -0.433. The molecule has 1 aliphatic heterocycles. The van der Waals surface area contributed by atoms with Gasteiger partial charge in [0, 0.05) is 30.3 Å². The first-order valence-electron chi connectivity index (χ1n) is 11.3. The topological polar surface area (TPSA) is 121 Å². The Kier molecular flexibility index (Phi) is 8.28. The number of benzene rings is 1. The van der Waals surface area contributed by atoms with Gasteiger partial charge in [0.05, 0.1) is 13.7 Å². The first-order valence-corrected chi connectivity index (χ1v) is 11.3. The van der Waals surface area contributed by atoms with Crippen LogP contribution in [0.3, 0.4) is 0 Å². The average Bonchev–Trinajstić information content (AvgIpc) is 2.81. The molecule has 5 N–H and O–H groups in total. The van der Waals surface area contributed by atoms with E-state index in [1.54, 1.807) is 30.2 Å². The summed E-state index contributed by atoms with van der Waals surface area (Å²) in [5, 5.41) is 13.9. The lowest BCUT2D eigenvalue weighted by Crippen LogP contribution is -2.54. The molecular weight excluding hydrogens is 394 g/mol. The average molecular weight is 430 g/mol. The van der Waals surface area contributed by atoms with Crippen molar-refractivity contribution in [3.8, 4) is 5.75 Å². The van der Waals surface area contributed by atoms with E-state index in [4.69, 9.17) is 15.9 Å². The van der Waals surface area contributed by atoms with Gasteiger partial charge in [-0.15, -0.1) is 0 Å². The van der Waals surface area contributed by atoms with E-state index in [-0.39, 0.29) is 17.6 Å². The summed E-state index contributed by atoms with van der Waals surface area (Å²) in [6.07, 6.45) is 8.52. The molecule has 31 heavy (non-hydrogen) atoms. The second-order valence-corrected chi connectivity index (χ2v) is 8.47. The Labute approximate surface area is 184 Å². The number of likely N-dealkylation sites (tertiary alicyclic amines) is 1. The van der Waals surface area contributed by atoms with Crippen molar-refractivity contribution in [3.63, 3.8) is 0 Å². The third-order valence-corrected chi connectivity index (χ3v) is 6.32. The SMILES string of the molecule is COc1cc(C(=N)N)ccc1CNC(=O)C1CCCCN1C(=O)CNC1CCCCC1. The second-order valence-electron chi connectivity index (χ2n) is 8.47. The molecule has 0 bridgehead atoms. The van der Waals surface area contributed by atoms with Gasteiger partial charge in [-0.1, -0.05) is 31.4 Å². The number of nitrogens with two attached hydrogens (primary N) is 1. The molecule has 2 fully saturated rings. The number of carbonyl (C=O) groups excluding carboxylic acids is 2. The second kappa shape index (κ2) is 11.1. The van der Waals surface area contributed by atoms with E-state index in [9.17, 15) is 9.59 Å². The molecule has 0 radical (unpaired) electrons. The highest BCUT2D eigenvalue weighted by Crippen LogP contribution is 2.22. The number of hydrogen-bond donors (Lipinski definition) is 4. The predicted molar refractivity (Wildman–Crippen MR) is 120 cm³/mol. The molecule has 3 rings (SSSR count). The lowest BCUT2D eigenvalue weighted by molar-refractivity contribution is -0.141. The van der Waals surface area contributed by atoms with Crippen LogP contribution in [0.2, 0.25) is 0 Å². The Balaban J connectivity index is 1.57. The van der Waals surface area contributed by atoms with Gasteiger partial charge in [0.15, 0.2) is 0 Å². The van der Waals surface area contributed by atoms with Crippen LogP contribution in [0.15, 0.2) is 18.2 Å². The number of amidine groups is 1. The van der Waals surface area contributed by atoms with Crippen LogP contribution in [0, 0.1) is 5.41 Å². The van der Waals surface area contributed by atoms with Gasteiger partial charge in [-0.2, -0.15) is 0 Å². The number of hydrogen-bond acceptors (Lipinski definition) is 5. The predicted octanol–water partition coefficient (Wildman–Crippen LogP) is 1.90. The van der Waals surface area contributed by atoms with Crippen molar-refractivity contribution in [1.82, 2.24) is 15.5 Å². The largest absolute Gasteiger partial charge is 0.496 e.